The molecule has 1 saturated heterocycles. The van der Waals surface area contributed by atoms with Crippen molar-refractivity contribution in [3.05, 3.63) is 46.2 Å². The minimum atomic E-state index is -0.375. The van der Waals surface area contributed by atoms with Crippen LogP contribution in [0, 0.1) is 0 Å². The number of benzene rings is 1. The number of nitrogens with zero attached hydrogens (tertiary/aromatic N) is 1. The van der Waals surface area contributed by atoms with Gasteiger partial charge in [-0.05, 0) is 48.4 Å². The summed E-state index contributed by atoms with van der Waals surface area (Å²) < 4.78 is 11.1. The first kappa shape index (κ1) is 17.9. The fourth-order valence-electron chi connectivity index (χ4n) is 3.52. The Balaban J connectivity index is 1.32. The second kappa shape index (κ2) is 8.00. The first-order valence-electron chi connectivity index (χ1n) is 9.23. The largest absolute Gasteiger partial charge is 0.486 e. The van der Waals surface area contributed by atoms with E-state index >= 15 is 0 Å². The maximum absolute atomic E-state index is 12.6. The lowest BCUT2D eigenvalue weighted by Crippen LogP contribution is -2.46. The molecule has 2 aliphatic rings. The number of thiophene rings is 1. The van der Waals surface area contributed by atoms with Gasteiger partial charge in [0, 0.05) is 13.1 Å². The molecule has 7 heteroatoms. The van der Waals surface area contributed by atoms with Gasteiger partial charge in [-0.1, -0.05) is 12.1 Å². The molecule has 2 aromatic rings. The van der Waals surface area contributed by atoms with Gasteiger partial charge in [0.2, 0.25) is 5.91 Å². The lowest BCUT2D eigenvalue weighted by atomic mass is 10.1. The topological polar surface area (TPSA) is 67.9 Å². The van der Waals surface area contributed by atoms with Gasteiger partial charge in [-0.2, -0.15) is 0 Å². The maximum Gasteiger partial charge on any atom is 0.264 e. The molecule has 1 fully saturated rings. The molecule has 6 nitrogen and oxygen atoms in total. The zero-order chi connectivity index (χ0) is 18.6. The summed E-state index contributed by atoms with van der Waals surface area (Å²) in [7, 11) is 0. The molecular formula is C20H22N2O4S. The predicted molar refractivity (Wildman–Crippen MR) is 103 cm³/mol. The molecule has 3 heterocycles. The Bertz CT molecular complexity index is 821. The van der Waals surface area contributed by atoms with Crippen molar-refractivity contribution in [3.8, 4) is 11.5 Å². The Morgan fingerprint density at radius 2 is 2.04 bits per heavy atom. The molecule has 142 valence electrons. The average Bonchev–Trinajstić information content (AvgIpc) is 3.39. The Morgan fingerprint density at radius 1 is 1.19 bits per heavy atom. The lowest BCUT2D eigenvalue weighted by Gasteiger charge is -2.23. The molecule has 0 saturated carbocycles. The van der Waals surface area contributed by atoms with Crippen LogP contribution in [0.1, 0.15) is 28.1 Å². The second-order valence-corrected chi connectivity index (χ2v) is 7.60. The molecule has 0 spiro atoms. The Hall–Kier alpha value is -2.54. The normalized spacial score (nSPS) is 18.4. The molecule has 2 aliphatic heterocycles. The van der Waals surface area contributed by atoms with Crippen LogP contribution in [0.2, 0.25) is 0 Å². The van der Waals surface area contributed by atoms with Crippen LogP contribution >= 0.6 is 11.3 Å². The van der Waals surface area contributed by atoms with Crippen molar-refractivity contribution in [2.45, 2.75) is 25.3 Å². The molecular weight excluding hydrogens is 364 g/mol. The van der Waals surface area contributed by atoms with Gasteiger partial charge in [0.25, 0.3) is 5.91 Å². The number of nitrogens with one attached hydrogen (secondary N) is 1. The van der Waals surface area contributed by atoms with E-state index in [2.05, 4.69) is 5.32 Å². The molecule has 0 radical (unpaired) electrons. The fraction of sp³-hybridized carbons (Fsp3) is 0.400. The molecule has 0 bridgehead atoms. The number of carbonyl (C=O) groups is 2. The van der Waals surface area contributed by atoms with E-state index in [0.29, 0.717) is 44.0 Å². The van der Waals surface area contributed by atoms with Crippen LogP contribution < -0.4 is 14.8 Å². The summed E-state index contributed by atoms with van der Waals surface area (Å²) in [6.45, 7) is 2.29. The number of carbonyl (C=O) groups excluding carboxylic acids is 2. The van der Waals surface area contributed by atoms with Crippen LogP contribution in [0.25, 0.3) is 0 Å². The van der Waals surface area contributed by atoms with Crippen molar-refractivity contribution in [2.24, 2.45) is 0 Å². The highest BCUT2D eigenvalue weighted by Crippen LogP contribution is 2.30. The third-order valence-corrected chi connectivity index (χ3v) is 5.73. The summed E-state index contributed by atoms with van der Waals surface area (Å²) in [6.07, 6.45) is 2.28. The molecule has 1 atom stereocenters. The molecule has 4 rings (SSSR count). The quantitative estimate of drug-likeness (QED) is 0.857. The van der Waals surface area contributed by atoms with Gasteiger partial charge in [-0.3, -0.25) is 9.59 Å². The van der Waals surface area contributed by atoms with Crippen molar-refractivity contribution in [1.82, 2.24) is 10.2 Å². The van der Waals surface area contributed by atoms with E-state index in [1.807, 2.05) is 35.7 Å². The van der Waals surface area contributed by atoms with Gasteiger partial charge in [-0.25, -0.2) is 0 Å². The molecule has 1 N–H and O–H groups in total. The van der Waals surface area contributed by atoms with Gasteiger partial charge in [0.1, 0.15) is 19.3 Å². The summed E-state index contributed by atoms with van der Waals surface area (Å²) in [4.78, 5) is 27.6. The van der Waals surface area contributed by atoms with Crippen molar-refractivity contribution >= 4 is 23.2 Å². The van der Waals surface area contributed by atoms with E-state index in [1.165, 1.54) is 11.3 Å². The van der Waals surface area contributed by atoms with Crippen LogP contribution in [-0.2, 0) is 11.2 Å². The van der Waals surface area contributed by atoms with Crippen LogP contribution in [0.15, 0.2) is 35.7 Å². The third-order valence-electron chi connectivity index (χ3n) is 4.87. The number of hydrogen-bond acceptors (Lipinski definition) is 5. The van der Waals surface area contributed by atoms with E-state index in [-0.39, 0.29) is 17.9 Å². The minimum absolute atomic E-state index is 0.0468. The molecule has 2 amide bonds. The number of fused-ring (bicyclic) bond motifs is 1. The summed E-state index contributed by atoms with van der Waals surface area (Å²) in [6, 6.07) is 9.15. The highest BCUT2D eigenvalue weighted by Gasteiger charge is 2.34. The Labute approximate surface area is 162 Å². The summed E-state index contributed by atoms with van der Waals surface area (Å²) in [5.41, 5.74) is 1.08. The van der Waals surface area contributed by atoms with Gasteiger partial charge in [-0.15, -0.1) is 11.3 Å². The summed E-state index contributed by atoms with van der Waals surface area (Å²) in [5, 5.41) is 4.86. The first-order chi connectivity index (χ1) is 13.2. The van der Waals surface area contributed by atoms with Crippen LogP contribution in [0.4, 0.5) is 0 Å². The summed E-state index contributed by atoms with van der Waals surface area (Å²) in [5.74, 6) is 1.40. The second-order valence-electron chi connectivity index (χ2n) is 6.65. The smallest absolute Gasteiger partial charge is 0.264 e. The van der Waals surface area contributed by atoms with Gasteiger partial charge >= 0.3 is 0 Å². The highest BCUT2D eigenvalue weighted by atomic mass is 32.1. The van der Waals surface area contributed by atoms with Crippen molar-refractivity contribution in [3.63, 3.8) is 0 Å². The van der Waals surface area contributed by atoms with Gasteiger partial charge in [0.05, 0.1) is 4.88 Å². The van der Waals surface area contributed by atoms with Gasteiger partial charge in [0.15, 0.2) is 11.5 Å². The molecule has 27 heavy (non-hydrogen) atoms. The lowest BCUT2D eigenvalue weighted by molar-refractivity contribution is -0.124. The average molecular weight is 386 g/mol. The molecule has 1 aromatic carbocycles. The zero-order valence-electron chi connectivity index (χ0n) is 15.0. The molecule has 1 aromatic heterocycles. The van der Waals surface area contributed by atoms with E-state index in [0.717, 1.165) is 23.5 Å². The van der Waals surface area contributed by atoms with Crippen molar-refractivity contribution in [1.29, 1.82) is 0 Å². The molecule has 1 unspecified atom stereocenters. The van der Waals surface area contributed by atoms with Crippen molar-refractivity contribution in [2.75, 3.05) is 26.3 Å². The number of likely N-dealkylation sites (tertiary alicyclic amines) is 1. The fourth-order valence-corrected chi connectivity index (χ4v) is 4.19. The number of amides is 2. The molecule has 0 aliphatic carbocycles. The number of rotatable bonds is 5. The summed E-state index contributed by atoms with van der Waals surface area (Å²) >= 11 is 1.41. The Morgan fingerprint density at radius 3 is 2.85 bits per heavy atom. The number of hydrogen-bond donors (Lipinski definition) is 1. The van der Waals surface area contributed by atoms with Crippen LogP contribution in [-0.4, -0.2) is 49.1 Å². The first-order valence-corrected chi connectivity index (χ1v) is 10.1. The van der Waals surface area contributed by atoms with Crippen molar-refractivity contribution < 1.29 is 19.1 Å². The number of ether oxygens (including phenoxy) is 2. The Kier molecular flexibility index (Phi) is 5.29. The van der Waals surface area contributed by atoms with E-state index < -0.39 is 0 Å². The minimum Gasteiger partial charge on any atom is -0.486 e. The third kappa shape index (κ3) is 3.93. The maximum atomic E-state index is 12.6. The van der Waals surface area contributed by atoms with E-state index in [4.69, 9.17) is 9.47 Å². The van der Waals surface area contributed by atoms with Crippen LogP contribution in [0.5, 0.6) is 11.5 Å². The predicted octanol–water partition coefficient (Wildman–Crippen LogP) is 2.48. The van der Waals surface area contributed by atoms with Gasteiger partial charge < -0.3 is 19.7 Å². The van der Waals surface area contributed by atoms with E-state index in [9.17, 15) is 9.59 Å². The SMILES string of the molecule is O=C(NCCc1ccc2c(c1)OCCO2)C1CCCN1C(=O)c1cccs1. The van der Waals surface area contributed by atoms with Crippen LogP contribution in [0.3, 0.4) is 0 Å². The highest BCUT2D eigenvalue weighted by molar-refractivity contribution is 7.12. The monoisotopic (exact) mass is 386 g/mol. The van der Waals surface area contributed by atoms with E-state index in [1.54, 1.807) is 4.90 Å². The standard InChI is InChI=1S/C20H22N2O4S/c23-19(15-3-1-9-22(15)20(24)18-4-2-12-27-18)21-8-7-14-5-6-16-17(13-14)26-11-10-25-16/h2,4-6,12-13,15H,1,3,7-11H2,(H,21,23). The zero-order valence-corrected chi connectivity index (χ0v) is 15.8.